The molecule has 0 spiro atoms. The summed E-state index contributed by atoms with van der Waals surface area (Å²) in [5.74, 6) is -1.16. The highest BCUT2D eigenvalue weighted by Gasteiger charge is 2.39. The average molecular weight is 384 g/mol. The Morgan fingerprint density at radius 2 is 2.00 bits per heavy atom. The Hall–Kier alpha value is -1.58. The molecule has 0 radical (unpaired) electrons. The predicted molar refractivity (Wildman–Crippen MR) is 95.7 cm³/mol. The van der Waals surface area contributed by atoms with Crippen LogP contribution in [-0.2, 0) is 10.0 Å². The molecule has 7 nitrogen and oxygen atoms in total. The van der Waals surface area contributed by atoms with Gasteiger partial charge >= 0.3 is 0 Å². The number of carbonyl (C=O) groups excluding carboxylic acids is 1. The molecule has 0 aromatic carbocycles. The Morgan fingerprint density at radius 1 is 1.31 bits per heavy atom. The first kappa shape index (κ1) is 19.2. The highest BCUT2D eigenvalue weighted by molar-refractivity contribution is 7.88. The fraction of sp³-hybridized carbons (Fsp3) is 0.647. The average Bonchev–Trinajstić information content (AvgIpc) is 2.56. The summed E-state index contributed by atoms with van der Waals surface area (Å²) in [4.78, 5) is 19.8. The van der Waals surface area contributed by atoms with Crippen LogP contribution in [-0.4, -0.2) is 85.0 Å². The Balaban J connectivity index is 1.58. The Bertz CT molecular complexity index is 746. The van der Waals surface area contributed by atoms with E-state index < -0.39 is 21.7 Å². The second-order valence-corrected chi connectivity index (χ2v) is 8.91. The number of hydrogen-bond acceptors (Lipinski definition) is 5. The van der Waals surface area contributed by atoms with Gasteiger partial charge in [0.05, 0.1) is 12.3 Å². The van der Waals surface area contributed by atoms with Crippen molar-refractivity contribution in [1.82, 2.24) is 19.1 Å². The van der Waals surface area contributed by atoms with Crippen molar-refractivity contribution < 1.29 is 17.6 Å². The molecular weight excluding hydrogens is 359 g/mol. The van der Waals surface area contributed by atoms with E-state index in [1.165, 1.54) is 40.2 Å². The number of likely N-dealkylation sites (tertiary alicyclic amines) is 2. The number of hydrogen-bond donors (Lipinski definition) is 0. The zero-order valence-corrected chi connectivity index (χ0v) is 15.8. The van der Waals surface area contributed by atoms with Gasteiger partial charge in [-0.25, -0.2) is 17.8 Å². The molecule has 1 aromatic heterocycles. The highest BCUT2D eigenvalue weighted by Crippen LogP contribution is 2.21. The van der Waals surface area contributed by atoms with Gasteiger partial charge in [-0.15, -0.1) is 0 Å². The van der Waals surface area contributed by atoms with Crippen molar-refractivity contribution in [3.05, 3.63) is 29.8 Å². The lowest BCUT2D eigenvalue weighted by atomic mass is 10.1. The lowest BCUT2D eigenvalue weighted by Gasteiger charge is -2.44. The smallest absolute Gasteiger partial charge is 0.275 e. The second-order valence-electron chi connectivity index (χ2n) is 6.97. The molecule has 2 fully saturated rings. The maximum atomic E-state index is 13.7. The lowest BCUT2D eigenvalue weighted by Crippen LogP contribution is -2.63. The summed E-state index contributed by atoms with van der Waals surface area (Å²) in [6.07, 6.45) is 6.11. The maximum Gasteiger partial charge on any atom is 0.275 e. The summed E-state index contributed by atoms with van der Waals surface area (Å²) >= 11 is 0. The number of nitrogens with zero attached hydrogens (tertiary/aromatic N) is 4. The van der Waals surface area contributed by atoms with Gasteiger partial charge in [-0.2, -0.15) is 4.31 Å². The van der Waals surface area contributed by atoms with Crippen LogP contribution < -0.4 is 0 Å². The van der Waals surface area contributed by atoms with Crippen molar-refractivity contribution in [2.45, 2.75) is 25.3 Å². The molecule has 9 heteroatoms. The molecule has 144 valence electrons. The van der Waals surface area contributed by atoms with Gasteiger partial charge in [-0.05, 0) is 38.1 Å². The van der Waals surface area contributed by atoms with E-state index in [9.17, 15) is 17.6 Å². The number of pyridine rings is 1. The molecule has 0 unspecified atom stereocenters. The molecule has 0 saturated carbocycles. The third-order valence-corrected chi connectivity index (χ3v) is 6.36. The van der Waals surface area contributed by atoms with Crippen LogP contribution in [0, 0.1) is 5.82 Å². The van der Waals surface area contributed by atoms with Gasteiger partial charge in [0.15, 0.2) is 11.5 Å². The van der Waals surface area contributed by atoms with E-state index in [2.05, 4.69) is 9.88 Å². The van der Waals surface area contributed by atoms with Crippen LogP contribution in [0.2, 0.25) is 0 Å². The summed E-state index contributed by atoms with van der Waals surface area (Å²) in [6.45, 7) is 3.66. The normalized spacial score (nSPS) is 19.6. The van der Waals surface area contributed by atoms with Crippen LogP contribution in [0.25, 0.3) is 0 Å². The largest absolute Gasteiger partial charge is 0.334 e. The molecule has 0 N–H and O–H groups in total. The van der Waals surface area contributed by atoms with E-state index in [0.717, 1.165) is 25.9 Å². The number of piperidine rings is 1. The monoisotopic (exact) mass is 384 g/mol. The van der Waals surface area contributed by atoms with Crippen molar-refractivity contribution in [2.24, 2.45) is 0 Å². The fourth-order valence-corrected chi connectivity index (χ4v) is 4.63. The second kappa shape index (κ2) is 7.98. The highest BCUT2D eigenvalue weighted by atomic mass is 32.2. The third kappa shape index (κ3) is 4.39. The van der Waals surface area contributed by atoms with E-state index in [1.54, 1.807) is 0 Å². The van der Waals surface area contributed by atoms with Gasteiger partial charge in [0.1, 0.15) is 0 Å². The molecule has 0 aliphatic carbocycles. The summed E-state index contributed by atoms with van der Waals surface area (Å²) in [7, 11) is -3.37. The van der Waals surface area contributed by atoms with Crippen LogP contribution in [0.1, 0.15) is 29.8 Å². The van der Waals surface area contributed by atoms with Gasteiger partial charge in [0.25, 0.3) is 5.91 Å². The molecule has 3 heterocycles. The Kier molecular flexibility index (Phi) is 5.89. The zero-order chi connectivity index (χ0) is 18.7. The number of halogens is 1. The SMILES string of the molecule is CS(=O)(=O)N(CCN1CCCCC1)C1CN(C(=O)c2ncccc2F)C1. The zero-order valence-electron chi connectivity index (χ0n) is 15.0. The van der Waals surface area contributed by atoms with Gasteiger partial charge in [0, 0.05) is 32.4 Å². The molecule has 0 atom stereocenters. The van der Waals surface area contributed by atoms with Gasteiger partial charge in [-0.1, -0.05) is 6.42 Å². The molecule has 26 heavy (non-hydrogen) atoms. The predicted octanol–water partition coefficient (Wildman–Crippen LogP) is 0.793. The van der Waals surface area contributed by atoms with E-state index in [1.807, 2.05) is 0 Å². The minimum atomic E-state index is -3.37. The molecule has 0 bridgehead atoms. The van der Waals surface area contributed by atoms with Gasteiger partial charge in [-0.3, -0.25) is 4.79 Å². The molecule has 2 aliphatic heterocycles. The first-order chi connectivity index (χ1) is 12.4. The Morgan fingerprint density at radius 3 is 2.62 bits per heavy atom. The van der Waals surface area contributed by atoms with Crippen LogP contribution in [0.15, 0.2) is 18.3 Å². The van der Waals surface area contributed by atoms with Crippen molar-refractivity contribution in [3.63, 3.8) is 0 Å². The van der Waals surface area contributed by atoms with Crippen LogP contribution in [0.5, 0.6) is 0 Å². The topological polar surface area (TPSA) is 73.8 Å². The quantitative estimate of drug-likeness (QED) is 0.725. The Labute approximate surface area is 153 Å². The molecule has 1 amide bonds. The summed E-state index contributed by atoms with van der Waals surface area (Å²) in [6, 6.07) is 2.36. The van der Waals surface area contributed by atoms with E-state index in [-0.39, 0.29) is 24.8 Å². The number of rotatable bonds is 6. The summed E-state index contributed by atoms with van der Waals surface area (Å²) in [5, 5.41) is 0. The summed E-state index contributed by atoms with van der Waals surface area (Å²) in [5.41, 5.74) is -0.217. The number of carbonyl (C=O) groups is 1. The third-order valence-electron chi connectivity index (χ3n) is 5.03. The van der Waals surface area contributed by atoms with Crippen molar-refractivity contribution >= 4 is 15.9 Å². The fourth-order valence-electron chi connectivity index (χ4n) is 3.54. The van der Waals surface area contributed by atoms with E-state index in [4.69, 9.17) is 0 Å². The van der Waals surface area contributed by atoms with Crippen LogP contribution in [0.4, 0.5) is 4.39 Å². The molecular formula is C17H25FN4O3S. The van der Waals surface area contributed by atoms with E-state index in [0.29, 0.717) is 13.1 Å². The standard InChI is InChI=1S/C17H25FN4O3S/c1-26(24,25)22(11-10-20-8-3-2-4-9-20)14-12-21(13-14)17(23)16-15(18)6-5-7-19-16/h5-7,14H,2-4,8-13H2,1H3. The van der Waals surface area contributed by atoms with E-state index >= 15 is 0 Å². The molecule has 3 rings (SSSR count). The number of sulfonamides is 1. The van der Waals surface area contributed by atoms with Crippen LogP contribution in [0.3, 0.4) is 0 Å². The van der Waals surface area contributed by atoms with Gasteiger partial charge < -0.3 is 9.80 Å². The van der Waals surface area contributed by atoms with Gasteiger partial charge in [0.2, 0.25) is 10.0 Å². The minimum Gasteiger partial charge on any atom is -0.334 e. The van der Waals surface area contributed by atoms with Crippen LogP contribution >= 0.6 is 0 Å². The maximum absolute atomic E-state index is 13.7. The van der Waals surface area contributed by atoms with Crippen molar-refractivity contribution in [1.29, 1.82) is 0 Å². The minimum absolute atomic E-state index is 0.217. The van der Waals surface area contributed by atoms with Crippen molar-refractivity contribution in [3.8, 4) is 0 Å². The molecule has 2 saturated heterocycles. The molecule has 2 aliphatic rings. The number of amides is 1. The first-order valence-corrected chi connectivity index (χ1v) is 10.8. The summed E-state index contributed by atoms with van der Waals surface area (Å²) < 4.78 is 39.5. The lowest BCUT2D eigenvalue weighted by molar-refractivity contribution is 0.0427. The molecule has 1 aromatic rings. The first-order valence-electron chi connectivity index (χ1n) is 8.95. The van der Waals surface area contributed by atoms with Crippen molar-refractivity contribution in [2.75, 3.05) is 45.5 Å². The number of aromatic nitrogens is 1.